The van der Waals surface area contributed by atoms with Gasteiger partial charge in [0, 0.05) is 25.1 Å². The van der Waals surface area contributed by atoms with Crippen molar-refractivity contribution in [3.8, 4) is 0 Å². The zero-order valence-corrected chi connectivity index (χ0v) is 12.2. The van der Waals surface area contributed by atoms with Crippen LogP contribution in [0.3, 0.4) is 0 Å². The maximum absolute atomic E-state index is 5.64. The van der Waals surface area contributed by atoms with E-state index >= 15 is 0 Å². The quantitative estimate of drug-likeness (QED) is 0.745. The number of fused-ring (bicyclic) bond motifs is 1. The number of nitrogens with two attached hydrogens (primary N) is 1. The Kier molecular flexibility index (Phi) is 3.47. The molecule has 7 nitrogen and oxygen atoms in total. The van der Waals surface area contributed by atoms with E-state index in [-0.39, 0.29) is 0 Å². The van der Waals surface area contributed by atoms with Gasteiger partial charge in [-0.2, -0.15) is 10.2 Å². The summed E-state index contributed by atoms with van der Waals surface area (Å²) in [6.07, 6.45) is 7.06. The molecule has 0 unspecified atom stereocenters. The van der Waals surface area contributed by atoms with E-state index in [2.05, 4.69) is 40.4 Å². The normalized spacial score (nSPS) is 11.4. The first kappa shape index (κ1) is 13.4. The number of anilines is 2. The van der Waals surface area contributed by atoms with E-state index in [0.29, 0.717) is 11.6 Å². The number of hydrogen-bond acceptors (Lipinski definition) is 5. The fraction of sp³-hybridized carbons (Fsp3) is 0.357. The fourth-order valence-corrected chi connectivity index (χ4v) is 2.15. The minimum absolute atomic E-state index is 0.393. The van der Waals surface area contributed by atoms with Crippen molar-refractivity contribution in [3.05, 3.63) is 36.5 Å². The van der Waals surface area contributed by atoms with E-state index in [4.69, 9.17) is 5.73 Å². The van der Waals surface area contributed by atoms with Gasteiger partial charge in [-0.3, -0.25) is 4.68 Å². The number of rotatable bonds is 5. The Hall–Kier alpha value is -2.57. The molecule has 0 amide bonds. The summed E-state index contributed by atoms with van der Waals surface area (Å²) in [5.74, 6) is 1.22. The summed E-state index contributed by atoms with van der Waals surface area (Å²) >= 11 is 0. The molecule has 7 heteroatoms. The Balaban J connectivity index is 1.74. The van der Waals surface area contributed by atoms with Gasteiger partial charge in [0.2, 0.25) is 0 Å². The van der Waals surface area contributed by atoms with Crippen LogP contribution in [0.1, 0.15) is 25.5 Å². The number of nitrogens with zero attached hydrogens (tertiary/aromatic N) is 5. The Morgan fingerprint density at radius 2 is 2.24 bits per heavy atom. The van der Waals surface area contributed by atoms with Crippen molar-refractivity contribution >= 4 is 17.0 Å². The Bertz CT molecular complexity index is 741. The molecular formula is C14H19N7. The Morgan fingerprint density at radius 3 is 2.95 bits per heavy atom. The number of nitrogen functional groups attached to an aromatic ring is 1. The first-order chi connectivity index (χ1) is 10.1. The van der Waals surface area contributed by atoms with Crippen molar-refractivity contribution in [2.45, 2.75) is 26.3 Å². The third-order valence-electron chi connectivity index (χ3n) is 3.29. The molecule has 0 aliphatic carbocycles. The van der Waals surface area contributed by atoms with Crippen molar-refractivity contribution in [2.24, 2.45) is 0 Å². The zero-order chi connectivity index (χ0) is 14.8. The van der Waals surface area contributed by atoms with Crippen LogP contribution in [-0.4, -0.2) is 30.9 Å². The van der Waals surface area contributed by atoms with Crippen molar-refractivity contribution in [1.82, 2.24) is 24.4 Å². The van der Waals surface area contributed by atoms with Crippen LogP contribution < -0.4 is 11.1 Å². The van der Waals surface area contributed by atoms with Crippen molar-refractivity contribution in [3.63, 3.8) is 0 Å². The first-order valence-electron chi connectivity index (χ1n) is 6.99. The van der Waals surface area contributed by atoms with Gasteiger partial charge in [-0.15, -0.1) is 0 Å². The molecule has 0 atom stereocenters. The highest BCUT2D eigenvalue weighted by atomic mass is 15.3. The Morgan fingerprint density at radius 1 is 1.38 bits per heavy atom. The first-order valence-corrected chi connectivity index (χ1v) is 6.99. The van der Waals surface area contributed by atoms with Crippen molar-refractivity contribution < 1.29 is 0 Å². The molecule has 21 heavy (non-hydrogen) atoms. The minimum Gasteiger partial charge on any atom is -0.396 e. The van der Waals surface area contributed by atoms with Crippen LogP contribution in [0.4, 0.5) is 11.5 Å². The maximum Gasteiger partial charge on any atom is 0.152 e. The second-order valence-corrected chi connectivity index (χ2v) is 5.29. The van der Waals surface area contributed by atoms with Crippen LogP contribution >= 0.6 is 0 Å². The third kappa shape index (κ3) is 2.81. The standard InChI is InChI=1S/C14H19N7/c1-10(2)12-7-13-14(17-4-6-21(13)19-12)16-3-5-20-9-11(15)8-18-20/h4,6-10H,3,5,15H2,1-2H3,(H,16,17). The second-order valence-electron chi connectivity index (χ2n) is 5.29. The summed E-state index contributed by atoms with van der Waals surface area (Å²) in [5, 5.41) is 12.0. The molecule has 3 aromatic heterocycles. The maximum atomic E-state index is 5.64. The lowest BCUT2D eigenvalue weighted by Gasteiger charge is -2.06. The molecule has 110 valence electrons. The third-order valence-corrected chi connectivity index (χ3v) is 3.29. The topological polar surface area (TPSA) is 86.1 Å². The molecule has 3 rings (SSSR count). The van der Waals surface area contributed by atoms with E-state index < -0.39 is 0 Å². The molecule has 0 aliphatic heterocycles. The predicted octanol–water partition coefficient (Wildman–Crippen LogP) is 1.74. The van der Waals surface area contributed by atoms with Gasteiger partial charge in [0.1, 0.15) is 5.52 Å². The van der Waals surface area contributed by atoms with Crippen LogP contribution in [0.2, 0.25) is 0 Å². The summed E-state index contributed by atoms with van der Waals surface area (Å²) in [7, 11) is 0. The molecular weight excluding hydrogens is 266 g/mol. The molecule has 3 aromatic rings. The molecule has 3 N–H and O–H groups in total. The van der Waals surface area contributed by atoms with Crippen LogP contribution in [-0.2, 0) is 6.54 Å². The predicted molar refractivity (Wildman–Crippen MR) is 82.2 cm³/mol. The van der Waals surface area contributed by atoms with Crippen LogP contribution in [0.25, 0.3) is 5.52 Å². The average Bonchev–Trinajstić information content (AvgIpc) is 3.05. The lowest BCUT2D eigenvalue weighted by molar-refractivity contribution is 0.637. The average molecular weight is 285 g/mol. The molecule has 0 fully saturated rings. The van der Waals surface area contributed by atoms with E-state index in [1.807, 2.05) is 16.9 Å². The number of hydrogen-bond donors (Lipinski definition) is 2. The van der Waals surface area contributed by atoms with E-state index in [1.54, 1.807) is 17.1 Å². The molecule has 0 bridgehead atoms. The second kappa shape index (κ2) is 5.43. The molecule has 0 saturated heterocycles. The van der Waals surface area contributed by atoms with Gasteiger partial charge in [0.05, 0.1) is 24.1 Å². The molecule has 0 radical (unpaired) electrons. The van der Waals surface area contributed by atoms with Gasteiger partial charge in [-0.1, -0.05) is 13.8 Å². The Labute approximate surface area is 122 Å². The van der Waals surface area contributed by atoms with Gasteiger partial charge in [-0.25, -0.2) is 9.50 Å². The monoisotopic (exact) mass is 285 g/mol. The van der Waals surface area contributed by atoms with Gasteiger partial charge in [0.25, 0.3) is 0 Å². The lowest BCUT2D eigenvalue weighted by Crippen LogP contribution is -2.12. The van der Waals surface area contributed by atoms with Gasteiger partial charge < -0.3 is 11.1 Å². The lowest BCUT2D eigenvalue weighted by atomic mass is 10.1. The van der Waals surface area contributed by atoms with E-state index in [1.165, 1.54) is 0 Å². The summed E-state index contributed by atoms with van der Waals surface area (Å²) in [4.78, 5) is 4.39. The zero-order valence-electron chi connectivity index (χ0n) is 12.2. The van der Waals surface area contributed by atoms with Crippen molar-refractivity contribution in [1.29, 1.82) is 0 Å². The van der Waals surface area contributed by atoms with Crippen LogP contribution in [0.15, 0.2) is 30.9 Å². The highest BCUT2D eigenvalue weighted by molar-refractivity contribution is 5.67. The molecule has 0 aromatic carbocycles. The van der Waals surface area contributed by atoms with Crippen LogP contribution in [0, 0.1) is 0 Å². The van der Waals surface area contributed by atoms with E-state index in [9.17, 15) is 0 Å². The van der Waals surface area contributed by atoms with Crippen LogP contribution in [0.5, 0.6) is 0 Å². The van der Waals surface area contributed by atoms with Gasteiger partial charge in [-0.05, 0) is 12.0 Å². The summed E-state index contributed by atoms with van der Waals surface area (Å²) in [6.45, 7) is 5.70. The molecule has 0 aliphatic rings. The smallest absolute Gasteiger partial charge is 0.152 e. The molecule has 3 heterocycles. The number of aromatic nitrogens is 5. The largest absolute Gasteiger partial charge is 0.396 e. The minimum atomic E-state index is 0.393. The van der Waals surface area contributed by atoms with Gasteiger partial charge in [0.15, 0.2) is 5.82 Å². The highest BCUT2D eigenvalue weighted by Crippen LogP contribution is 2.19. The summed E-state index contributed by atoms with van der Waals surface area (Å²) in [5.41, 5.74) is 8.36. The molecule has 0 saturated carbocycles. The van der Waals surface area contributed by atoms with Gasteiger partial charge >= 0.3 is 0 Å². The highest BCUT2D eigenvalue weighted by Gasteiger charge is 2.09. The summed E-state index contributed by atoms with van der Waals surface area (Å²) in [6, 6.07) is 2.08. The summed E-state index contributed by atoms with van der Waals surface area (Å²) < 4.78 is 3.66. The van der Waals surface area contributed by atoms with Crippen molar-refractivity contribution in [2.75, 3.05) is 17.6 Å². The SMILES string of the molecule is CC(C)c1cc2c(NCCn3cc(N)cn3)nccn2n1. The fourth-order valence-electron chi connectivity index (χ4n) is 2.15. The number of nitrogens with one attached hydrogen (secondary N) is 1. The molecule has 0 spiro atoms. The van der Waals surface area contributed by atoms with E-state index in [0.717, 1.165) is 30.1 Å².